The quantitative estimate of drug-likeness (QED) is 0.246. The molecule has 1 aliphatic heterocycles. The maximum Gasteiger partial charge on any atom is 0.251 e. The molecule has 0 aromatic heterocycles. The Morgan fingerprint density at radius 3 is 2.79 bits per heavy atom. The minimum absolute atomic E-state index is 0. The monoisotopic (exact) mass is 566 g/mol. The van der Waals surface area contributed by atoms with Crippen LogP contribution in [0, 0.1) is 6.92 Å². The molecule has 0 radical (unpaired) electrons. The van der Waals surface area contributed by atoms with Gasteiger partial charge in [-0.3, -0.25) is 9.79 Å². The molecule has 1 amide bonds. The van der Waals surface area contributed by atoms with Crippen LogP contribution in [0.1, 0.15) is 39.9 Å². The number of ether oxygens (including phenoxy) is 2. The second-order valence-corrected chi connectivity index (χ2v) is 7.94. The zero-order valence-corrected chi connectivity index (χ0v) is 22.0. The number of benzene rings is 2. The molecule has 1 aliphatic rings. The maximum absolute atomic E-state index is 11.8. The van der Waals surface area contributed by atoms with Gasteiger partial charge in [-0.25, -0.2) is 0 Å². The van der Waals surface area contributed by atoms with Gasteiger partial charge in [0, 0.05) is 44.9 Å². The first-order valence-electron chi connectivity index (χ1n) is 11.2. The minimum atomic E-state index is -0.0760. The standard InChI is InChI=1S/C25H34N4O3.HI/c1-18-9-10-21(23(14-18)32-17-22-8-5-13-31-22)16-29-25(27-3)28-12-11-19-6-4-7-20(15-19)24(30)26-2;/h4,6-7,9-10,14-15,22H,5,8,11-13,16-17H2,1-3H3,(H,26,30)(H2,27,28,29);1H. The van der Waals surface area contributed by atoms with E-state index in [0.717, 1.165) is 54.3 Å². The highest BCUT2D eigenvalue weighted by molar-refractivity contribution is 14.0. The molecule has 1 unspecified atom stereocenters. The molecule has 180 valence electrons. The molecule has 1 heterocycles. The van der Waals surface area contributed by atoms with Crippen LogP contribution in [0.15, 0.2) is 47.5 Å². The van der Waals surface area contributed by atoms with E-state index in [1.807, 2.05) is 24.3 Å². The summed E-state index contributed by atoms with van der Waals surface area (Å²) < 4.78 is 11.8. The number of aryl methyl sites for hydroxylation is 1. The van der Waals surface area contributed by atoms with Crippen molar-refractivity contribution < 1.29 is 14.3 Å². The molecule has 0 spiro atoms. The Morgan fingerprint density at radius 2 is 2.06 bits per heavy atom. The van der Waals surface area contributed by atoms with E-state index in [4.69, 9.17) is 9.47 Å². The molecule has 2 aromatic rings. The van der Waals surface area contributed by atoms with Crippen molar-refractivity contribution in [2.24, 2.45) is 4.99 Å². The zero-order chi connectivity index (χ0) is 22.8. The van der Waals surface area contributed by atoms with Gasteiger partial charge >= 0.3 is 0 Å². The molecule has 0 bridgehead atoms. The van der Waals surface area contributed by atoms with Crippen LogP contribution in [0.4, 0.5) is 0 Å². The summed E-state index contributed by atoms with van der Waals surface area (Å²) in [5.74, 6) is 1.53. The summed E-state index contributed by atoms with van der Waals surface area (Å²) in [6.45, 7) is 4.78. The normalized spacial score (nSPS) is 15.5. The van der Waals surface area contributed by atoms with Crippen LogP contribution in [-0.2, 0) is 17.7 Å². The fourth-order valence-electron chi connectivity index (χ4n) is 3.64. The van der Waals surface area contributed by atoms with Gasteiger partial charge < -0.3 is 25.4 Å². The lowest BCUT2D eigenvalue weighted by Crippen LogP contribution is -2.38. The van der Waals surface area contributed by atoms with Gasteiger partial charge in [0.05, 0.1) is 6.10 Å². The Bertz CT molecular complexity index is 930. The largest absolute Gasteiger partial charge is 0.491 e. The number of halogens is 1. The number of carbonyl (C=O) groups is 1. The van der Waals surface area contributed by atoms with Crippen LogP contribution in [0.25, 0.3) is 0 Å². The summed E-state index contributed by atoms with van der Waals surface area (Å²) in [7, 11) is 3.39. The van der Waals surface area contributed by atoms with E-state index in [1.54, 1.807) is 14.1 Å². The molecule has 0 aliphatic carbocycles. The summed E-state index contributed by atoms with van der Waals surface area (Å²) in [5, 5.41) is 9.35. The number of hydrogen-bond acceptors (Lipinski definition) is 4. The highest BCUT2D eigenvalue weighted by Gasteiger charge is 2.17. The van der Waals surface area contributed by atoms with Gasteiger partial charge in [-0.1, -0.05) is 24.3 Å². The number of nitrogens with zero attached hydrogens (tertiary/aromatic N) is 1. The molecule has 2 aromatic carbocycles. The smallest absolute Gasteiger partial charge is 0.251 e. The maximum atomic E-state index is 11.8. The molecule has 7 nitrogen and oxygen atoms in total. The van der Waals surface area contributed by atoms with Crippen LogP contribution < -0.4 is 20.7 Å². The molecule has 1 fully saturated rings. The lowest BCUT2D eigenvalue weighted by atomic mass is 10.1. The van der Waals surface area contributed by atoms with E-state index in [1.165, 1.54) is 0 Å². The predicted octanol–water partition coefficient (Wildman–Crippen LogP) is 3.44. The summed E-state index contributed by atoms with van der Waals surface area (Å²) in [6.07, 6.45) is 3.13. The molecular weight excluding hydrogens is 531 g/mol. The van der Waals surface area contributed by atoms with Crippen LogP contribution >= 0.6 is 24.0 Å². The van der Waals surface area contributed by atoms with Crippen molar-refractivity contribution in [1.29, 1.82) is 0 Å². The average molecular weight is 566 g/mol. The van der Waals surface area contributed by atoms with Crippen molar-refractivity contribution in [2.75, 3.05) is 33.9 Å². The van der Waals surface area contributed by atoms with E-state index in [9.17, 15) is 4.79 Å². The van der Waals surface area contributed by atoms with Crippen LogP contribution in [0.3, 0.4) is 0 Å². The fourth-order valence-corrected chi connectivity index (χ4v) is 3.64. The van der Waals surface area contributed by atoms with Gasteiger partial charge in [0.1, 0.15) is 12.4 Å². The third-order valence-electron chi connectivity index (χ3n) is 5.46. The minimum Gasteiger partial charge on any atom is -0.491 e. The van der Waals surface area contributed by atoms with Gasteiger partial charge in [0.2, 0.25) is 0 Å². The van der Waals surface area contributed by atoms with Gasteiger partial charge in [0.15, 0.2) is 5.96 Å². The number of carbonyl (C=O) groups excluding carboxylic acids is 1. The zero-order valence-electron chi connectivity index (χ0n) is 19.6. The molecule has 33 heavy (non-hydrogen) atoms. The van der Waals surface area contributed by atoms with Crippen molar-refractivity contribution in [3.05, 3.63) is 64.7 Å². The van der Waals surface area contributed by atoms with Crippen molar-refractivity contribution in [3.63, 3.8) is 0 Å². The lowest BCUT2D eigenvalue weighted by molar-refractivity contribution is 0.0676. The topological polar surface area (TPSA) is 84.0 Å². The first-order chi connectivity index (χ1) is 15.6. The summed E-state index contributed by atoms with van der Waals surface area (Å²) >= 11 is 0. The van der Waals surface area contributed by atoms with Crippen molar-refractivity contribution in [3.8, 4) is 5.75 Å². The van der Waals surface area contributed by atoms with Gasteiger partial charge in [0.25, 0.3) is 5.91 Å². The Labute approximate surface area is 213 Å². The van der Waals surface area contributed by atoms with Crippen LogP contribution in [0.5, 0.6) is 5.75 Å². The predicted molar refractivity (Wildman–Crippen MR) is 143 cm³/mol. The third kappa shape index (κ3) is 8.51. The number of amides is 1. The molecular formula is C25H35IN4O3. The summed E-state index contributed by atoms with van der Waals surface area (Å²) in [4.78, 5) is 16.1. The number of nitrogens with one attached hydrogen (secondary N) is 3. The summed E-state index contributed by atoms with van der Waals surface area (Å²) in [6, 6.07) is 13.9. The van der Waals surface area contributed by atoms with Crippen molar-refractivity contribution in [2.45, 2.75) is 38.8 Å². The second kappa shape index (κ2) is 14.0. The van der Waals surface area contributed by atoms with Crippen molar-refractivity contribution >= 4 is 35.8 Å². The van der Waals surface area contributed by atoms with E-state index in [-0.39, 0.29) is 36.0 Å². The SMILES string of the molecule is CN=C(NCCc1cccc(C(=O)NC)c1)NCc1ccc(C)cc1OCC1CCCO1.I. The number of guanidine groups is 1. The molecule has 3 rings (SSSR count). The Balaban J connectivity index is 0.00000385. The van der Waals surface area contributed by atoms with Crippen LogP contribution in [0.2, 0.25) is 0 Å². The number of hydrogen-bond donors (Lipinski definition) is 3. The first kappa shape index (κ1) is 26.9. The Morgan fingerprint density at radius 1 is 1.21 bits per heavy atom. The third-order valence-corrected chi connectivity index (χ3v) is 5.46. The number of aliphatic imine (C=N–C) groups is 1. The van der Waals surface area contributed by atoms with E-state index >= 15 is 0 Å². The van der Waals surface area contributed by atoms with Crippen molar-refractivity contribution in [1.82, 2.24) is 16.0 Å². The first-order valence-corrected chi connectivity index (χ1v) is 11.2. The Hall–Kier alpha value is -2.33. The lowest BCUT2D eigenvalue weighted by Gasteiger charge is -2.17. The van der Waals surface area contributed by atoms with E-state index in [2.05, 4.69) is 46.1 Å². The van der Waals surface area contributed by atoms with Gasteiger partial charge in [-0.15, -0.1) is 24.0 Å². The second-order valence-electron chi connectivity index (χ2n) is 7.94. The van der Waals surface area contributed by atoms with Gasteiger partial charge in [-0.2, -0.15) is 0 Å². The highest BCUT2D eigenvalue weighted by atomic mass is 127. The highest BCUT2D eigenvalue weighted by Crippen LogP contribution is 2.22. The van der Waals surface area contributed by atoms with Gasteiger partial charge in [-0.05, 0) is 55.5 Å². The molecule has 0 saturated carbocycles. The molecule has 1 atom stereocenters. The number of rotatable bonds is 9. The average Bonchev–Trinajstić information content (AvgIpc) is 3.34. The summed E-state index contributed by atoms with van der Waals surface area (Å²) in [5.41, 5.74) is 4.01. The molecule has 1 saturated heterocycles. The fraction of sp³-hybridized carbons (Fsp3) is 0.440. The van der Waals surface area contributed by atoms with E-state index < -0.39 is 0 Å². The van der Waals surface area contributed by atoms with Crippen LogP contribution in [-0.4, -0.2) is 51.8 Å². The van der Waals surface area contributed by atoms with E-state index in [0.29, 0.717) is 25.3 Å². The molecule has 8 heteroatoms. The Kier molecular flexibility index (Phi) is 11.5. The molecule has 3 N–H and O–H groups in total.